The molecule has 4 heteroatoms. The highest BCUT2D eigenvalue weighted by Crippen LogP contribution is 2.22. The standard InChI is InChI=1S/C14H12N4/c1-9-17-13(8-14(15)18-9)11-5-4-10-3-2-6-16-12(10)7-11/h2-8H,1H3,(H2,15,17,18). The van der Waals surface area contributed by atoms with Crippen LogP contribution in [0.25, 0.3) is 22.2 Å². The summed E-state index contributed by atoms with van der Waals surface area (Å²) in [5.74, 6) is 1.16. The summed E-state index contributed by atoms with van der Waals surface area (Å²) < 4.78 is 0. The van der Waals surface area contributed by atoms with Crippen molar-refractivity contribution < 1.29 is 0 Å². The summed E-state index contributed by atoms with van der Waals surface area (Å²) in [6, 6.07) is 11.8. The van der Waals surface area contributed by atoms with E-state index in [9.17, 15) is 0 Å². The average molecular weight is 236 g/mol. The zero-order chi connectivity index (χ0) is 12.5. The molecule has 0 amide bonds. The van der Waals surface area contributed by atoms with Crippen LogP contribution in [-0.2, 0) is 0 Å². The van der Waals surface area contributed by atoms with E-state index >= 15 is 0 Å². The summed E-state index contributed by atoms with van der Waals surface area (Å²) in [4.78, 5) is 12.8. The lowest BCUT2D eigenvalue weighted by atomic mass is 10.1. The molecule has 4 nitrogen and oxygen atoms in total. The fraction of sp³-hybridized carbons (Fsp3) is 0.0714. The fourth-order valence-corrected chi connectivity index (χ4v) is 1.96. The number of fused-ring (bicyclic) bond motifs is 1. The molecule has 0 aliphatic rings. The Labute approximate surface area is 105 Å². The fourth-order valence-electron chi connectivity index (χ4n) is 1.96. The lowest BCUT2D eigenvalue weighted by molar-refractivity contribution is 1.07. The highest BCUT2D eigenvalue weighted by Gasteiger charge is 2.04. The second-order valence-corrected chi connectivity index (χ2v) is 4.14. The Morgan fingerprint density at radius 3 is 2.78 bits per heavy atom. The SMILES string of the molecule is Cc1nc(N)cc(-c2ccc3cccnc3c2)n1. The predicted octanol–water partition coefficient (Wildman–Crippen LogP) is 2.58. The first kappa shape index (κ1) is 10.7. The summed E-state index contributed by atoms with van der Waals surface area (Å²) in [6.07, 6.45) is 1.78. The number of nitrogens with two attached hydrogens (primary N) is 1. The number of benzene rings is 1. The monoisotopic (exact) mass is 236 g/mol. The third-order valence-electron chi connectivity index (χ3n) is 2.76. The van der Waals surface area contributed by atoms with E-state index in [1.165, 1.54) is 0 Å². The van der Waals surface area contributed by atoms with Crippen molar-refractivity contribution in [1.29, 1.82) is 0 Å². The molecule has 0 fully saturated rings. The summed E-state index contributed by atoms with van der Waals surface area (Å²) in [5.41, 5.74) is 8.52. The lowest BCUT2D eigenvalue weighted by Gasteiger charge is -2.04. The predicted molar refractivity (Wildman–Crippen MR) is 71.9 cm³/mol. The van der Waals surface area contributed by atoms with Crippen molar-refractivity contribution in [2.45, 2.75) is 6.92 Å². The van der Waals surface area contributed by atoms with Crippen LogP contribution in [0.15, 0.2) is 42.6 Å². The van der Waals surface area contributed by atoms with Crippen LogP contribution >= 0.6 is 0 Å². The summed E-state index contributed by atoms with van der Waals surface area (Å²) in [5, 5.41) is 1.11. The summed E-state index contributed by atoms with van der Waals surface area (Å²) >= 11 is 0. The number of aryl methyl sites for hydroxylation is 1. The molecule has 18 heavy (non-hydrogen) atoms. The smallest absolute Gasteiger partial charge is 0.128 e. The quantitative estimate of drug-likeness (QED) is 0.705. The number of anilines is 1. The van der Waals surface area contributed by atoms with E-state index in [0.29, 0.717) is 11.6 Å². The minimum absolute atomic E-state index is 0.485. The minimum atomic E-state index is 0.485. The normalized spacial score (nSPS) is 10.7. The summed E-state index contributed by atoms with van der Waals surface area (Å²) in [6.45, 7) is 1.83. The number of nitrogens with zero attached hydrogens (tertiary/aromatic N) is 3. The molecule has 0 saturated heterocycles. The van der Waals surface area contributed by atoms with Gasteiger partial charge in [-0.3, -0.25) is 4.98 Å². The molecular weight excluding hydrogens is 224 g/mol. The molecule has 3 rings (SSSR count). The second-order valence-electron chi connectivity index (χ2n) is 4.14. The Bertz CT molecular complexity index is 702. The van der Waals surface area contributed by atoms with Gasteiger partial charge in [-0.05, 0) is 19.1 Å². The van der Waals surface area contributed by atoms with Gasteiger partial charge in [-0.15, -0.1) is 0 Å². The number of aromatic nitrogens is 3. The molecule has 0 spiro atoms. The molecule has 0 bridgehead atoms. The van der Waals surface area contributed by atoms with Crippen molar-refractivity contribution in [2.75, 3.05) is 5.73 Å². The van der Waals surface area contributed by atoms with Crippen molar-refractivity contribution in [3.05, 3.63) is 48.4 Å². The molecular formula is C14H12N4. The second kappa shape index (κ2) is 4.07. The lowest BCUT2D eigenvalue weighted by Crippen LogP contribution is -1.97. The van der Waals surface area contributed by atoms with E-state index in [1.54, 1.807) is 12.3 Å². The number of rotatable bonds is 1. The van der Waals surface area contributed by atoms with Crippen molar-refractivity contribution in [3.8, 4) is 11.3 Å². The van der Waals surface area contributed by atoms with Gasteiger partial charge in [0, 0.05) is 23.2 Å². The van der Waals surface area contributed by atoms with Gasteiger partial charge in [-0.25, -0.2) is 9.97 Å². The Kier molecular flexibility index (Phi) is 2.41. The molecule has 88 valence electrons. The van der Waals surface area contributed by atoms with Gasteiger partial charge < -0.3 is 5.73 Å². The third-order valence-corrected chi connectivity index (χ3v) is 2.76. The molecule has 0 saturated carbocycles. The molecule has 2 aromatic heterocycles. The van der Waals surface area contributed by atoms with Crippen LogP contribution in [0.4, 0.5) is 5.82 Å². The molecule has 1 aromatic carbocycles. The van der Waals surface area contributed by atoms with Crippen molar-refractivity contribution in [3.63, 3.8) is 0 Å². The van der Waals surface area contributed by atoms with E-state index in [-0.39, 0.29) is 0 Å². The van der Waals surface area contributed by atoms with E-state index in [0.717, 1.165) is 22.2 Å². The maximum absolute atomic E-state index is 5.74. The molecule has 0 aliphatic heterocycles. The first-order valence-corrected chi connectivity index (χ1v) is 5.69. The van der Waals surface area contributed by atoms with Crippen LogP contribution in [-0.4, -0.2) is 15.0 Å². The molecule has 2 N–H and O–H groups in total. The number of hydrogen-bond acceptors (Lipinski definition) is 4. The topological polar surface area (TPSA) is 64.7 Å². The Morgan fingerprint density at radius 1 is 1.06 bits per heavy atom. The van der Waals surface area contributed by atoms with Crippen LogP contribution in [0.1, 0.15) is 5.82 Å². The van der Waals surface area contributed by atoms with E-state index in [2.05, 4.69) is 15.0 Å². The van der Waals surface area contributed by atoms with Crippen LogP contribution < -0.4 is 5.73 Å². The van der Waals surface area contributed by atoms with Crippen LogP contribution in [0.2, 0.25) is 0 Å². The van der Waals surface area contributed by atoms with Crippen LogP contribution in [0.5, 0.6) is 0 Å². The highest BCUT2D eigenvalue weighted by atomic mass is 14.9. The van der Waals surface area contributed by atoms with Gasteiger partial charge in [-0.1, -0.05) is 18.2 Å². The van der Waals surface area contributed by atoms with Gasteiger partial charge in [-0.2, -0.15) is 0 Å². The maximum atomic E-state index is 5.74. The van der Waals surface area contributed by atoms with E-state index in [4.69, 9.17) is 5.73 Å². The molecule has 3 aromatic rings. The Balaban J connectivity index is 2.19. The van der Waals surface area contributed by atoms with Gasteiger partial charge in [0.05, 0.1) is 11.2 Å². The molecule has 0 radical (unpaired) electrons. The minimum Gasteiger partial charge on any atom is -0.384 e. The Morgan fingerprint density at radius 2 is 1.94 bits per heavy atom. The van der Waals surface area contributed by atoms with Crippen LogP contribution in [0.3, 0.4) is 0 Å². The van der Waals surface area contributed by atoms with E-state index in [1.807, 2.05) is 37.3 Å². The average Bonchev–Trinajstić information content (AvgIpc) is 2.37. The van der Waals surface area contributed by atoms with Gasteiger partial charge >= 0.3 is 0 Å². The maximum Gasteiger partial charge on any atom is 0.128 e. The van der Waals surface area contributed by atoms with Gasteiger partial charge in [0.1, 0.15) is 11.6 Å². The molecule has 0 aliphatic carbocycles. The molecule has 0 unspecified atom stereocenters. The first-order valence-electron chi connectivity index (χ1n) is 5.69. The number of pyridine rings is 1. The Hall–Kier alpha value is -2.49. The van der Waals surface area contributed by atoms with Crippen molar-refractivity contribution in [1.82, 2.24) is 15.0 Å². The first-order chi connectivity index (χ1) is 8.72. The van der Waals surface area contributed by atoms with Gasteiger partial charge in [0.15, 0.2) is 0 Å². The number of nitrogen functional groups attached to an aromatic ring is 1. The largest absolute Gasteiger partial charge is 0.384 e. The van der Waals surface area contributed by atoms with Gasteiger partial charge in [0.25, 0.3) is 0 Å². The number of hydrogen-bond donors (Lipinski definition) is 1. The zero-order valence-corrected chi connectivity index (χ0v) is 9.96. The van der Waals surface area contributed by atoms with Crippen molar-refractivity contribution >= 4 is 16.7 Å². The van der Waals surface area contributed by atoms with Crippen LogP contribution in [0, 0.1) is 6.92 Å². The summed E-state index contributed by atoms with van der Waals surface area (Å²) in [7, 11) is 0. The molecule has 2 heterocycles. The highest BCUT2D eigenvalue weighted by molar-refractivity contribution is 5.83. The van der Waals surface area contributed by atoms with E-state index < -0.39 is 0 Å². The molecule has 0 atom stereocenters. The third kappa shape index (κ3) is 1.88. The van der Waals surface area contributed by atoms with Gasteiger partial charge in [0.2, 0.25) is 0 Å². The zero-order valence-electron chi connectivity index (χ0n) is 9.96. The van der Waals surface area contributed by atoms with Crippen molar-refractivity contribution in [2.24, 2.45) is 0 Å².